The van der Waals surface area contributed by atoms with E-state index in [9.17, 15) is 9.59 Å². The van der Waals surface area contributed by atoms with Crippen LogP contribution in [0.1, 0.15) is 43.3 Å². The second kappa shape index (κ2) is 8.86. The second-order valence-electron chi connectivity index (χ2n) is 10.3. The van der Waals surface area contributed by atoms with Gasteiger partial charge in [-0.25, -0.2) is 4.98 Å². The third-order valence-electron chi connectivity index (χ3n) is 6.55. The second-order valence-corrected chi connectivity index (χ2v) is 10.3. The minimum absolute atomic E-state index is 0.0167. The number of rotatable bonds is 6. The third kappa shape index (κ3) is 4.34. The van der Waals surface area contributed by atoms with Gasteiger partial charge in [0.05, 0.1) is 17.6 Å². The smallest absolute Gasteiger partial charge is 0.232 e. The van der Waals surface area contributed by atoms with E-state index < -0.39 is 0 Å². The molecule has 1 aliphatic rings. The highest BCUT2D eigenvalue weighted by Gasteiger charge is 2.29. The van der Waals surface area contributed by atoms with Crippen molar-refractivity contribution in [2.24, 2.45) is 7.05 Å². The number of hydrogen-bond donors (Lipinski definition) is 0. The Kier molecular flexibility index (Phi) is 5.82. The quantitative estimate of drug-likeness (QED) is 0.406. The summed E-state index contributed by atoms with van der Waals surface area (Å²) in [5.74, 6) is 1.90. The highest BCUT2D eigenvalue weighted by molar-refractivity contribution is 6.00. The van der Waals surface area contributed by atoms with Crippen LogP contribution in [0.15, 0.2) is 48.8 Å². The van der Waals surface area contributed by atoms with Gasteiger partial charge in [-0.1, -0.05) is 26.8 Å². The minimum atomic E-state index is -0.0767. The molecule has 1 aliphatic heterocycles. The van der Waals surface area contributed by atoms with E-state index in [4.69, 9.17) is 4.74 Å². The van der Waals surface area contributed by atoms with Crippen molar-refractivity contribution in [2.75, 3.05) is 11.9 Å². The fraction of sp³-hybridized carbons (Fsp3) is 0.321. The van der Waals surface area contributed by atoms with Gasteiger partial charge in [-0.2, -0.15) is 5.10 Å². The summed E-state index contributed by atoms with van der Waals surface area (Å²) in [6, 6.07) is 11.3. The summed E-state index contributed by atoms with van der Waals surface area (Å²) in [7, 11) is 3.59. The number of pyridine rings is 2. The Hall–Kier alpha value is -4.07. The fourth-order valence-electron chi connectivity index (χ4n) is 4.47. The Morgan fingerprint density at radius 3 is 2.58 bits per heavy atom. The van der Waals surface area contributed by atoms with E-state index in [-0.39, 0.29) is 29.9 Å². The van der Waals surface area contributed by atoms with Gasteiger partial charge in [0.25, 0.3) is 0 Å². The Balaban J connectivity index is 1.41. The van der Waals surface area contributed by atoms with Gasteiger partial charge in [0.2, 0.25) is 5.91 Å². The number of anilines is 1. The molecule has 184 valence electrons. The lowest BCUT2D eigenvalue weighted by atomic mass is 9.92. The summed E-state index contributed by atoms with van der Waals surface area (Å²) in [4.78, 5) is 35.7. The number of ketones is 1. The lowest BCUT2D eigenvalue weighted by molar-refractivity contribution is -0.118. The molecule has 0 N–H and O–H groups in total. The third-order valence-corrected chi connectivity index (χ3v) is 6.55. The van der Waals surface area contributed by atoms with E-state index in [0.717, 1.165) is 33.4 Å². The number of hydrogen-bond acceptors (Lipinski definition) is 6. The van der Waals surface area contributed by atoms with Crippen molar-refractivity contribution in [1.82, 2.24) is 19.7 Å². The molecule has 0 saturated carbocycles. The van der Waals surface area contributed by atoms with Crippen LogP contribution in [0.2, 0.25) is 0 Å². The van der Waals surface area contributed by atoms with E-state index in [1.165, 1.54) is 0 Å². The van der Waals surface area contributed by atoms with Gasteiger partial charge >= 0.3 is 0 Å². The summed E-state index contributed by atoms with van der Waals surface area (Å²) < 4.78 is 8.07. The fourth-order valence-corrected chi connectivity index (χ4v) is 4.47. The largest absolute Gasteiger partial charge is 0.456 e. The van der Waals surface area contributed by atoms with Crippen molar-refractivity contribution in [1.29, 1.82) is 0 Å². The predicted octanol–water partition coefficient (Wildman–Crippen LogP) is 4.33. The summed E-state index contributed by atoms with van der Waals surface area (Å²) >= 11 is 0. The van der Waals surface area contributed by atoms with Crippen LogP contribution in [0.25, 0.3) is 10.9 Å². The number of nitrogens with zero attached hydrogens (tertiary/aromatic N) is 5. The molecule has 0 spiro atoms. The summed E-state index contributed by atoms with van der Waals surface area (Å²) in [6.45, 7) is 6.33. The van der Waals surface area contributed by atoms with Crippen LogP contribution < -0.4 is 9.64 Å². The van der Waals surface area contributed by atoms with Gasteiger partial charge in [-0.3, -0.25) is 24.2 Å². The van der Waals surface area contributed by atoms with E-state index >= 15 is 0 Å². The average molecular weight is 484 g/mol. The van der Waals surface area contributed by atoms with Gasteiger partial charge in [-0.15, -0.1) is 0 Å². The van der Waals surface area contributed by atoms with Gasteiger partial charge in [0.15, 0.2) is 0 Å². The lowest BCUT2D eigenvalue weighted by Crippen LogP contribution is -2.21. The highest BCUT2D eigenvalue weighted by Crippen LogP contribution is 2.38. The molecule has 8 heteroatoms. The molecular formula is C28H29N5O3. The first kappa shape index (κ1) is 23.7. The van der Waals surface area contributed by atoms with E-state index in [0.29, 0.717) is 23.7 Å². The summed E-state index contributed by atoms with van der Waals surface area (Å²) in [5.41, 5.74) is 4.13. The molecule has 4 heterocycles. The number of benzene rings is 1. The topological polar surface area (TPSA) is 90.2 Å². The number of likely N-dealkylation sites (N-methyl/N-ethyl adjacent to an activating group) is 1. The van der Waals surface area contributed by atoms with Crippen molar-refractivity contribution in [3.8, 4) is 11.5 Å². The van der Waals surface area contributed by atoms with Gasteiger partial charge in [0, 0.05) is 61.4 Å². The van der Waals surface area contributed by atoms with Crippen molar-refractivity contribution in [3.05, 3.63) is 71.3 Å². The Labute approximate surface area is 209 Å². The van der Waals surface area contributed by atoms with Crippen LogP contribution in [0.5, 0.6) is 11.5 Å². The zero-order valence-electron chi connectivity index (χ0n) is 21.2. The summed E-state index contributed by atoms with van der Waals surface area (Å²) in [6.07, 6.45) is 4.17. The Morgan fingerprint density at radius 1 is 1.03 bits per heavy atom. The first-order valence-electron chi connectivity index (χ1n) is 12.0. The minimum Gasteiger partial charge on any atom is -0.456 e. The number of fused-ring (bicyclic) bond motifs is 2. The molecular weight excluding hydrogens is 454 g/mol. The zero-order valence-corrected chi connectivity index (χ0v) is 21.2. The number of carbonyl (C=O) groups excluding carboxylic acids is 2. The molecule has 5 rings (SSSR count). The average Bonchev–Trinajstić information content (AvgIpc) is 3.35. The Morgan fingerprint density at radius 2 is 1.83 bits per heavy atom. The predicted molar refractivity (Wildman–Crippen MR) is 137 cm³/mol. The van der Waals surface area contributed by atoms with E-state index in [2.05, 4.69) is 35.8 Å². The first-order valence-corrected chi connectivity index (χ1v) is 12.0. The van der Waals surface area contributed by atoms with Crippen LogP contribution >= 0.6 is 0 Å². The number of aromatic nitrogens is 4. The van der Waals surface area contributed by atoms with Crippen molar-refractivity contribution in [3.63, 3.8) is 0 Å². The normalized spacial score (nSPS) is 13.4. The maximum Gasteiger partial charge on any atom is 0.232 e. The molecule has 0 radical (unpaired) electrons. The molecule has 8 nitrogen and oxygen atoms in total. The molecule has 36 heavy (non-hydrogen) atoms. The molecule has 0 unspecified atom stereocenters. The number of Topliss-reactive ketones (excluding diaryl/α,β-unsaturated/α-hetero) is 1. The maximum atomic E-state index is 13.1. The molecule has 0 fully saturated rings. The molecule has 0 aliphatic carbocycles. The highest BCUT2D eigenvalue weighted by atomic mass is 16.5. The standard InChI is InChI=1S/C28H29N5O3/c1-28(2,3)24-15-18(33(5)31-24)14-19(34)13-17-8-9-22(20-7-6-11-29-26(17)20)36-23-10-12-30-27-21(23)16-25(35)32(27)4/h6-12,15H,13-14,16H2,1-5H3. The molecule has 0 bridgehead atoms. The number of aryl methyl sites for hydroxylation is 1. The molecule has 0 atom stereocenters. The maximum absolute atomic E-state index is 13.1. The Bertz CT molecular complexity index is 1500. The number of ether oxygens (including phenoxy) is 1. The zero-order chi connectivity index (χ0) is 25.6. The number of amides is 1. The monoisotopic (exact) mass is 483 g/mol. The molecule has 0 saturated heterocycles. The lowest BCUT2D eigenvalue weighted by Gasteiger charge is -2.14. The van der Waals surface area contributed by atoms with Gasteiger partial charge < -0.3 is 4.74 Å². The van der Waals surface area contributed by atoms with Crippen molar-refractivity contribution in [2.45, 2.75) is 45.4 Å². The van der Waals surface area contributed by atoms with E-state index in [1.807, 2.05) is 37.4 Å². The van der Waals surface area contributed by atoms with Crippen molar-refractivity contribution >= 4 is 28.4 Å². The van der Waals surface area contributed by atoms with Gasteiger partial charge in [-0.05, 0) is 35.9 Å². The molecule has 3 aromatic heterocycles. The van der Waals surface area contributed by atoms with Crippen LogP contribution in [0, 0.1) is 0 Å². The molecule has 1 amide bonds. The van der Waals surface area contributed by atoms with E-state index in [1.54, 1.807) is 35.1 Å². The SMILES string of the molecule is CN1C(=O)Cc2c(Oc3ccc(CC(=O)Cc4cc(C(C)(C)C)nn4C)c4ncccc34)ccnc21. The van der Waals surface area contributed by atoms with Gasteiger partial charge in [0.1, 0.15) is 23.1 Å². The van der Waals surface area contributed by atoms with Crippen LogP contribution in [-0.2, 0) is 41.3 Å². The van der Waals surface area contributed by atoms with Crippen LogP contribution in [-0.4, -0.2) is 38.5 Å². The first-order chi connectivity index (χ1) is 17.1. The van der Waals surface area contributed by atoms with Crippen LogP contribution in [0.4, 0.5) is 5.82 Å². The number of carbonyl (C=O) groups is 2. The molecule has 4 aromatic rings. The summed E-state index contributed by atoms with van der Waals surface area (Å²) in [5, 5.41) is 5.39. The van der Waals surface area contributed by atoms with Crippen LogP contribution in [0.3, 0.4) is 0 Å². The molecule has 1 aromatic carbocycles. The van der Waals surface area contributed by atoms with Crippen molar-refractivity contribution < 1.29 is 14.3 Å².